The quantitative estimate of drug-likeness (QED) is 0.659. The lowest BCUT2D eigenvalue weighted by molar-refractivity contribution is -0.138. The molecule has 20 heavy (non-hydrogen) atoms. The first kappa shape index (κ1) is 16.9. The Morgan fingerprint density at radius 3 is 2.25 bits per heavy atom. The van der Waals surface area contributed by atoms with E-state index in [1.165, 1.54) is 0 Å². The lowest BCUT2D eigenvalue weighted by Crippen LogP contribution is -2.62. The van der Waals surface area contributed by atoms with E-state index in [1.54, 1.807) is 0 Å². The van der Waals surface area contributed by atoms with Gasteiger partial charge >= 0.3 is 5.97 Å². The summed E-state index contributed by atoms with van der Waals surface area (Å²) in [7, 11) is 0. The second kappa shape index (κ2) is 6.54. The highest BCUT2D eigenvalue weighted by Crippen LogP contribution is 2.19. The van der Waals surface area contributed by atoms with Crippen molar-refractivity contribution in [3.05, 3.63) is 0 Å². The molecule has 1 aliphatic rings. The fraction of sp³-hybridized carbons (Fsp3) is 0.857. The van der Waals surface area contributed by atoms with Crippen LogP contribution in [-0.4, -0.2) is 59.1 Å². The maximum atomic E-state index is 12.5. The molecule has 0 aromatic carbocycles. The summed E-state index contributed by atoms with van der Waals surface area (Å²) in [5.74, 6) is -0.886. The molecule has 6 heteroatoms. The van der Waals surface area contributed by atoms with Gasteiger partial charge in [-0.3, -0.25) is 14.5 Å². The number of aliphatic carboxylic acids is 1. The number of hydrogen-bond acceptors (Lipinski definition) is 4. The maximum Gasteiger partial charge on any atom is 0.303 e. The minimum atomic E-state index is -0.839. The van der Waals surface area contributed by atoms with E-state index in [2.05, 4.69) is 15.5 Å². The molecule has 0 unspecified atom stereocenters. The summed E-state index contributed by atoms with van der Waals surface area (Å²) in [6, 6.07) is 0. The van der Waals surface area contributed by atoms with Gasteiger partial charge in [-0.25, -0.2) is 0 Å². The molecule has 0 radical (unpaired) electrons. The predicted octanol–water partition coefficient (Wildman–Crippen LogP) is 0.430. The van der Waals surface area contributed by atoms with Gasteiger partial charge in [0.05, 0.1) is 5.54 Å². The first-order chi connectivity index (χ1) is 9.15. The largest absolute Gasteiger partial charge is 0.481 e. The van der Waals surface area contributed by atoms with Gasteiger partial charge in [-0.15, -0.1) is 0 Å². The van der Waals surface area contributed by atoms with E-state index in [9.17, 15) is 9.59 Å². The summed E-state index contributed by atoms with van der Waals surface area (Å²) in [5, 5.41) is 15.0. The molecule has 6 nitrogen and oxygen atoms in total. The van der Waals surface area contributed by atoms with Crippen LogP contribution in [0, 0.1) is 0 Å². The number of rotatable bonds is 6. The average Bonchev–Trinajstić information content (AvgIpc) is 2.37. The zero-order chi connectivity index (χ0) is 15.4. The van der Waals surface area contributed by atoms with Crippen LogP contribution < -0.4 is 10.6 Å². The number of hydrogen-bond donors (Lipinski definition) is 3. The molecule has 0 aliphatic carbocycles. The highest BCUT2D eigenvalue weighted by molar-refractivity contribution is 5.86. The summed E-state index contributed by atoms with van der Waals surface area (Å²) in [6.45, 7) is 11.0. The van der Waals surface area contributed by atoms with Crippen molar-refractivity contribution < 1.29 is 14.7 Å². The molecule has 0 saturated carbocycles. The Balaban J connectivity index is 2.60. The molecule has 1 heterocycles. The zero-order valence-corrected chi connectivity index (χ0v) is 13.0. The van der Waals surface area contributed by atoms with E-state index < -0.39 is 17.0 Å². The number of carbonyl (C=O) groups excluding carboxylic acids is 1. The zero-order valence-electron chi connectivity index (χ0n) is 13.0. The maximum absolute atomic E-state index is 12.5. The molecular formula is C14H27N3O3. The van der Waals surface area contributed by atoms with E-state index >= 15 is 0 Å². The van der Waals surface area contributed by atoms with Crippen molar-refractivity contribution >= 4 is 11.9 Å². The van der Waals surface area contributed by atoms with Crippen LogP contribution in [-0.2, 0) is 9.59 Å². The van der Waals surface area contributed by atoms with Crippen LogP contribution >= 0.6 is 0 Å². The Kier molecular flexibility index (Phi) is 5.53. The first-order valence-electron chi connectivity index (χ1n) is 7.15. The smallest absolute Gasteiger partial charge is 0.303 e. The summed E-state index contributed by atoms with van der Waals surface area (Å²) in [5.41, 5.74) is -1.09. The second-order valence-corrected chi connectivity index (χ2v) is 6.53. The van der Waals surface area contributed by atoms with Crippen LogP contribution in [0.15, 0.2) is 0 Å². The topological polar surface area (TPSA) is 81.7 Å². The van der Waals surface area contributed by atoms with Crippen LogP contribution in [0.5, 0.6) is 0 Å². The molecule has 3 N–H and O–H groups in total. The summed E-state index contributed by atoms with van der Waals surface area (Å²) in [6.07, 6.45) is 0.479. The Bertz CT molecular complexity index is 361. The van der Waals surface area contributed by atoms with Crippen LogP contribution in [0.4, 0.5) is 0 Å². The van der Waals surface area contributed by atoms with Crippen LogP contribution in [0.25, 0.3) is 0 Å². The normalized spacial score (nSPS) is 17.8. The van der Waals surface area contributed by atoms with E-state index in [4.69, 9.17) is 5.11 Å². The monoisotopic (exact) mass is 285 g/mol. The van der Waals surface area contributed by atoms with E-state index in [0.717, 1.165) is 26.2 Å². The van der Waals surface area contributed by atoms with E-state index in [0.29, 0.717) is 6.42 Å². The first-order valence-corrected chi connectivity index (χ1v) is 7.15. The number of carboxylic acids is 1. The molecule has 0 aromatic rings. The van der Waals surface area contributed by atoms with Crippen molar-refractivity contribution in [2.24, 2.45) is 0 Å². The van der Waals surface area contributed by atoms with Gasteiger partial charge in [0.15, 0.2) is 0 Å². The van der Waals surface area contributed by atoms with Gasteiger partial charge in [0.2, 0.25) is 5.91 Å². The second-order valence-electron chi connectivity index (χ2n) is 6.53. The number of carbonyl (C=O) groups is 2. The fourth-order valence-electron chi connectivity index (χ4n) is 2.31. The van der Waals surface area contributed by atoms with Gasteiger partial charge in [0.25, 0.3) is 0 Å². The van der Waals surface area contributed by atoms with Gasteiger partial charge < -0.3 is 15.7 Å². The molecular weight excluding hydrogens is 258 g/mol. The van der Waals surface area contributed by atoms with Crippen molar-refractivity contribution in [1.29, 1.82) is 0 Å². The van der Waals surface area contributed by atoms with Crippen molar-refractivity contribution in [1.82, 2.24) is 15.5 Å². The van der Waals surface area contributed by atoms with Gasteiger partial charge in [-0.1, -0.05) is 0 Å². The highest BCUT2D eigenvalue weighted by Gasteiger charge is 2.37. The van der Waals surface area contributed by atoms with Crippen molar-refractivity contribution in [2.45, 2.75) is 51.6 Å². The van der Waals surface area contributed by atoms with Crippen molar-refractivity contribution in [3.63, 3.8) is 0 Å². The van der Waals surface area contributed by atoms with Gasteiger partial charge in [0.1, 0.15) is 0 Å². The number of nitrogens with zero attached hydrogens (tertiary/aromatic N) is 1. The molecule has 0 aromatic heterocycles. The molecule has 0 atom stereocenters. The lowest BCUT2D eigenvalue weighted by atomic mass is 9.94. The predicted molar refractivity (Wildman–Crippen MR) is 77.6 cm³/mol. The Labute approximate surface area is 120 Å². The number of carboxylic acid groups (broad SMARTS) is 1. The minimum Gasteiger partial charge on any atom is -0.481 e. The Morgan fingerprint density at radius 1 is 1.20 bits per heavy atom. The van der Waals surface area contributed by atoms with Crippen molar-refractivity contribution in [3.8, 4) is 0 Å². The third kappa shape index (κ3) is 4.76. The third-order valence-electron chi connectivity index (χ3n) is 3.88. The van der Waals surface area contributed by atoms with Gasteiger partial charge in [0, 0.05) is 38.1 Å². The van der Waals surface area contributed by atoms with Crippen LogP contribution in [0.2, 0.25) is 0 Å². The highest BCUT2D eigenvalue weighted by atomic mass is 16.4. The standard InChI is InChI=1S/C14H27N3O3/c1-13(2,6-5-11(18)19)16-12(20)14(3,4)17-9-7-15-8-10-17/h15H,5-10H2,1-4H3,(H,16,20)(H,18,19). The number of amides is 1. The number of nitrogens with one attached hydrogen (secondary N) is 2. The SMILES string of the molecule is CC(C)(CCC(=O)O)NC(=O)C(C)(C)N1CCNCC1. The van der Waals surface area contributed by atoms with Gasteiger partial charge in [-0.05, 0) is 34.1 Å². The third-order valence-corrected chi connectivity index (χ3v) is 3.88. The van der Waals surface area contributed by atoms with Crippen LogP contribution in [0.1, 0.15) is 40.5 Å². The number of piperazine rings is 1. The molecule has 0 spiro atoms. The molecule has 0 bridgehead atoms. The molecule has 1 amide bonds. The summed E-state index contributed by atoms with van der Waals surface area (Å²) < 4.78 is 0. The van der Waals surface area contributed by atoms with E-state index in [-0.39, 0.29) is 12.3 Å². The van der Waals surface area contributed by atoms with Crippen molar-refractivity contribution in [2.75, 3.05) is 26.2 Å². The van der Waals surface area contributed by atoms with E-state index in [1.807, 2.05) is 27.7 Å². The Hall–Kier alpha value is -1.14. The minimum absolute atomic E-state index is 0.0465. The lowest BCUT2D eigenvalue weighted by Gasteiger charge is -2.41. The Morgan fingerprint density at radius 2 is 1.75 bits per heavy atom. The fourth-order valence-corrected chi connectivity index (χ4v) is 2.31. The molecule has 116 valence electrons. The van der Waals surface area contributed by atoms with Gasteiger partial charge in [-0.2, -0.15) is 0 Å². The average molecular weight is 285 g/mol. The molecule has 1 saturated heterocycles. The molecule has 1 aliphatic heterocycles. The summed E-state index contributed by atoms with van der Waals surface area (Å²) in [4.78, 5) is 25.3. The van der Waals surface area contributed by atoms with Crippen LogP contribution in [0.3, 0.4) is 0 Å². The summed E-state index contributed by atoms with van der Waals surface area (Å²) >= 11 is 0. The molecule has 1 fully saturated rings. The molecule has 1 rings (SSSR count).